The summed E-state index contributed by atoms with van der Waals surface area (Å²) in [5.74, 6) is -1.46. The van der Waals surface area contributed by atoms with Crippen molar-refractivity contribution >= 4 is 23.5 Å². The number of amides is 1. The van der Waals surface area contributed by atoms with Crippen LogP contribution >= 0.6 is 11.6 Å². The van der Waals surface area contributed by atoms with Crippen LogP contribution in [0.15, 0.2) is 54.6 Å². The number of benzene rings is 2. The highest BCUT2D eigenvalue weighted by molar-refractivity contribution is 6.30. The van der Waals surface area contributed by atoms with Gasteiger partial charge in [0.2, 0.25) is 5.91 Å². The van der Waals surface area contributed by atoms with Gasteiger partial charge < -0.3 is 10.4 Å². The van der Waals surface area contributed by atoms with Crippen molar-refractivity contribution in [2.24, 2.45) is 0 Å². The molecule has 2 atom stereocenters. The Morgan fingerprint density at radius 2 is 1.67 bits per heavy atom. The van der Waals surface area contributed by atoms with Gasteiger partial charge >= 0.3 is 5.97 Å². The molecule has 2 aromatic rings. The maximum absolute atomic E-state index is 12.7. The Labute approximate surface area is 146 Å². The molecule has 0 aliphatic rings. The Kier molecular flexibility index (Phi) is 6.38. The van der Waals surface area contributed by atoms with Crippen molar-refractivity contribution in [3.8, 4) is 0 Å². The number of carbonyl (C=O) groups is 2. The van der Waals surface area contributed by atoms with Gasteiger partial charge in [-0.25, -0.2) is 0 Å². The van der Waals surface area contributed by atoms with E-state index in [1.807, 2.05) is 37.3 Å². The third-order valence-corrected chi connectivity index (χ3v) is 4.15. The average Bonchev–Trinajstić information content (AvgIpc) is 2.56. The smallest absolute Gasteiger partial charge is 0.305 e. The van der Waals surface area contributed by atoms with E-state index in [-0.39, 0.29) is 18.2 Å². The second kappa shape index (κ2) is 8.50. The molecule has 0 radical (unpaired) electrons. The standard InChI is InChI=1S/C19H20ClNO3/c1-2-16(13-6-4-3-5-7-13)19(24)21-17(12-18(22)23)14-8-10-15(20)11-9-14/h3-11,16-17H,2,12H2,1H3,(H,21,24)(H,22,23)/t16-,17+/m0/s1. The fraction of sp³-hybridized carbons (Fsp3) is 0.263. The molecule has 126 valence electrons. The van der Waals surface area contributed by atoms with Crippen LogP contribution in [0.25, 0.3) is 0 Å². The summed E-state index contributed by atoms with van der Waals surface area (Å²) < 4.78 is 0. The minimum Gasteiger partial charge on any atom is -0.481 e. The number of hydrogen-bond acceptors (Lipinski definition) is 2. The van der Waals surface area contributed by atoms with E-state index in [0.717, 1.165) is 11.1 Å². The summed E-state index contributed by atoms with van der Waals surface area (Å²) in [5, 5.41) is 12.6. The van der Waals surface area contributed by atoms with Crippen LogP contribution in [-0.4, -0.2) is 17.0 Å². The van der Waals surface area contributed by atoms with E-state index in [2.05, 4.69) is 5.32 Å². The van der Waals surface area contributed by atoms with Crippen molar-refractivity contribution in [1.29, 1.82) is 0 Å². The molecule has 0 aliphatic heterocycles. The van der Waals surface area contributed by atoms with Gasteiger partial charge in [-0.1, -0.05) is 61.0 Å². The van der Waals surface area contributed by atoms with Gasteiger partial charge in [0.15, 0.2) is 0 Å². The first-order chi connectivity index (χ1) is 11.5. The number of carboxylic acid groups (broad SMARTS) is 1. The van der Waals surface area contributed by atoms with Crippen molar-refractivity contribution in [3.05, 3.63) is 70.7 Å². The molecule has 0 heterocycles. The Hall–Kier alpha value is -2.33. The van der Waals surface area contributed by atoms with Crippen LogP contribution in [0.1, 0.15) is 42.9 Å². The molecule has 0 saturated heterocycles. The molecular formula is C19H20ClNO3. The number of aliphatic carboxylic acids is 1. The predicted molar refractivity (Wildman–Crippen MR) is 94.1 cm³/mol. The van der Waals surface area contributed by atoms with Gasteiger partial charge in [-0.15, -0.1) is 0 Å². The van der Waals surface area contributed by atoms with Crippen molar-refractivity contribution in [2.75, 3.05) is 0 Å². The topological polar surface area (TPSA) is 66.4 Å². The lowest BCUT2D eigenvalue weighted by atomic mass is 9.94. The van der Waals surface area contributed by atoms with Crippen LogP contribution in [-0.2, 0) is 9.59 Å². The first kappa shape index (κ1) is 18.0. The summed E-state index contributed by atoms with van der Waals surface area (Å²) >= 11 is 5.88. The van der Waals surface area contributed by atoms with E-state index < -0.39 is 12.0 Å². The van der Waals surface area contributed by atoms with Crippen LogP contribution in [0.3, 0.4) is 0 Å². The zero-order valence-corrected chi connectivity index (χ0v) is 14.2. The summed E-state index contributed by atoms with van der Waals surface area (Å²) in [4.78, 5) is 23.8. The summed E-state index contributed by atoms with van der Waals surface area (Å²) in [6.07, 6.45) is 0.453. The second-order valence-electron chi connectivity index (χ2n) is 5.58. The van der Waals surface area contributed by atoms with E-state index in [9.17, 15) is 9.59 Å². The monoisotopic (exact) mass is 345 g/mol. The van der Waals surface area contributed by atoms with Crippen LogP contribution in [0, 0.1) is 0 Å². The molecule has 2 rings (SSSR count). The molecule has 0 fully saturated rings. The summed E-state index contributed by atoms with van der Waals surface area (Å²) in [7, 11) is 0. The molecule has 24 heavy (non-hydrogen) atoms. The van der Waals surface area contributed by atoms with E-state index in [0.29, 0.717) is 11.4 Å². The van der Waals surface area contributed by atoms with Gasteiger partial charge in [-0.2, -0.15) is 0 Å². The van der Waals surface area contributed by atoms with Gasteiger partial charge in [0.25, 0.3) is 0 Å². The molecule has 0 aliphatic carbocycles. The van der Waals surface area contributed by atoms with E-state index in [4.69, 9.17) is 16.7 Å². The number of carboxylic acids is 1. The largest absolute Gasteiger partial charge is 0.481 e. The summed E-state index contributed by atoms with van der Waals surface area (Å²) in [6, 6.07) is 15.7. The molecule has 1 amide bonds. The molecule has 0 saturated carbocycles. The summed E-state index contributed by atoms with van der Waals surface area (Å²) in [6.45, 7) is 1.94. The number of rotatable bonds is 7. The quantitative estimate of drug-likeness (QED) is 0.791. The predicted octanol–water partition coefficient (Wildman–Crippen LogP) is 4.17. The van der Waals surface area contributed by atoms with E-state index >= 15 is 0 Å². The summed E-state index contributed by atoms with van der Waals surface area (Å²) in [5.41, 5.74) is 1.64. The molecule has 0 spiro atoms. The lowest BCUT2D eigenvalue weighted by molar-refractivity contribution is -0.137. The highest BCUT2D eigenvalue weighted by Gasteiger charge is 2.24. The molecule has 0 bridgehead atoms. The van der Waals surface area contributed by atoms with Gasteiger partial charge in [0.1, 0.15) is 0 Å². The van der Waals surface area contributed by atoms with Crippen molar-refractivity contribution in [1.82, 2.24) is 5.32 Å². The van der Waals surface area contributed by atoms with Crippen LogP contribution in [0.2, 0.25) is 5.02 Å². The Balaban J connectivity index is 2.20. The molecule has 5 heteroatoms. The Bertz CT molecular complexity index is 686. The first-order valence-electron chi connectivity index (χ1n) is 7.83. The third kappa shape index (κ3) is 4.83. The molecular weight excluding hydrogens is 326 g/mol. The van der Waals surface area contributed by atoms with Crippen molar-refractivity contribution in [3.63, 3.8) is 0 Å². The van der Waals surface area contributed by atoms with Crippen LogP contribution < -0.4 is 5.32 Å². The van der Waals surface area contributed by atoms with Gasteiger partial charge in [-0.3, -0.25) is 9.59 Å². The third-order valence-electron chi connectivity index (χ3n) is 3.89. The average molecular weight is 346 g/mol. The van der Waals surface area contributed by atoms with E-state index in [1.165, 1.54) is 0 Å². The Morgan fingerprint density at radius 1 is 1.04 bits per heavy atom. The van der Waals surface area contributed by atoms with Crippen molar-refractivity contribution in [2.45, 2.75) is 31.7 Å². The molecule has 4 nitrogen and oxygen atoms in total. The zero-order valence-electron chi connectivity index (χ0n) is 13.4. The van der Waals surface area contributed by atoms with Crippen molar-refractivity contribution < 1.29 is 14.7 Å². The van der Waals surface area contributed by atoms with Crippen LogP contribution in [0.5, 0.6) is 0 Å². The second-order valence-corrected chi connectivity index (χ2v) is 6.02. The first-order valence-corrected chi connectivity index (χ1v) is 8.21. The maximum Gasteiger partial charge on any atom is 0.305 e. The minimum atomic E-state index is -0.969. The number of hydrogen-bond donors (Lipinski definition) is 2. The fourth-order valence-electron chi connectivity index (χ4n) is 2.65. The molecule has 0 unspecified atom stereocenters. The highest BCUT2D eigenvalue weighted by atomic mass is 35.5. The zero-order chi connectivity index (χ0) is 17.5. The lowest BCUT2D eigenvalue weighted by Crippen LogP contribution is -2.34. The van der Waals surface area contributed by atoms with E-state index in [1.54, 1.807) is 24.3 Å². The molecule has 2 aromatic carbocycles. The maximum atomic E-state index is 12.7. The van der Waals surface area contributed by atoms with Gasteiger partial charge in [0.05, 0.1) is 18.4 Å². The molecule has 0 aromatic heterocycles. The minimum absolute atomic E-state index is 0.176. The van der Waals surface area contributed by atoms with Crippen LogP contribution in [0.4, 0.5) is 0 Å². The van der Waals surface area contributed by atoms with Gasteiger partial charge in [0, 0.05) is 5.02 Å². The van der Waals surface area contributed by atoms with Gasteiger partial charge in [-0.05, 0) is 29.7 Å². The number of carbonyl (C=O) groups excluding carboxylic acids is 1. The SMILES string of the molecule is CC[C@H](C(=O)N[C@H](CC(=O)O)c1ccc(Cl)cc1)c1ccccc1. The normalized spacial score (nSPS) is 13.1. The number of halogens is 1. The Morgan fingerprint density at radius 3 is 2.21 bits per heavy atom. The fourth-order valence-corrected chi connectivity index (χ4v) is 2.78. The highest BCUT2D eigenvalue weighted by Crippen LogP contribution is 2.24. The molecule has 2 N–H and O–H groups in total. The lowest BCUT2D eigenvalue weighted by Gasteiger charge is -2.22. The number of nitrogens with one attached hydrogen (secondary N) is 1.